The van der Waals surface area contributed by atoms with E-state index in [1.165, 1.54) is 5.56 Å². The van der Waals surface area contributed by atoms with E-state index in [9.17, 15) is 5.11 Å². The zero-order valence-corrected chi connectivity index (χ0v) is 6.98. The molecule has 0 bridgehead atoms. The summed E-state index contributed by atoms with van der Waals surface area (Å²) in [4.78, 5) is 2.06. The van der Waals surface area contributed by atoms with Crippen LogP contribution in [0.3, 0.4) is 0 Å². The smallest absolute Gasteiger partial charge is 0.108 e. The molecule has 0 aromatic heterocycles. The highest BCUT2D eigenvalue weighted by Crippen LogP contribution is 2.17. The van der Waals surface area contributed by atoms with Crippen LogP contribution in [0.15, 0.2) is 30.3 Å². The first kappa shape index (κ1) is 10.2. The fourth-order valence-corrected chi connectivity index (χ4v) is 1.43. The quantitative estimate of drug-likeness (QED) is 0.749. The fraction of sp³-hybridized carbons (Fsp3) is 0.455. The van der Waals surface area contributed by atoms with Crippen molar-refractivity contribution < 1.29 is 5.11 Å². The van der Waals surface area contributed by atoms with Crippen molar-refractivity contribution in [1.82, 2.24) is 4.90 Å². The number of hydrogen-bond acceptors (Lipinski definition) is 2. The molecule has 1 N–H and O–H groups in total. The predicted octanol–water partition coefficient (Wildman–Crippen LogP) is 1.85. The summed E-state index contributed by atoms with van der Waals surface area (Å²) in [6.45, 7) is 1.90. The van der Waals surface area contributed by atoms with Gasteiger partial charge < -0.3 is 5.11 Å². The Bertz CT molecular complexity index is 248. The van der Waals surface area contributed by atoms with Gasteiger partial charge in [0.05, 0.1) is 0 Å². The van der Waals surface area contributed by atoms with Crippen molar-refractivity contribution in [3.05, 3.63) is 35.9 Å². The Morgan fingerprint density at radius 2 is 2.00 bits per heavy atom. The van der Waals surface area contributed by atoms with Gasteiger partial charge in [-0.25, -0.2) is 0 Å². The Morgan fingerprint density at radius 3 is 2.46 bits per heavy atom. The third-order valence-corrected chi connectivity index (χ3v) is 2.32. The lowest BCUT2D eigenvalue weighted by Gasteiger charge is -2.36. The minimum atomic E-state index is -0.204. The number of nitrogens with zero attached hydrogens (tertiary/aromatic N) is 1. The summed E-state index contributed by atoms with van der Waals surface area (Å²) in [6.07, 6.45) is 0.720. The molecule has 0 aliphatic carbocycles. The molecule has 0 unspecified atom stereocenters. The van der Waals surface area contributed by atoms with Crippen molar-refractivity contribution in [1.29, 1.82) is 0 Å². The summed E-state index contributed by atoms with van der Waals surface area (Å²) in [7, 11) is 0. The third-order valence-electron chi connectivity index (χ3n) is 2.32. The normalized spacial score (nSPS) is 21.8. The van der Waals surface area contributed by atoms with Crippen molar-refractivity contribution in [2.24, 2.45) is 0 Å². The van der Waals surface area contributed by atoms with Gasteiger partial charge in [-0.2, -0.15) is 0 Å². The van der Waals surface area contributed by atoms with Gasteiger partial charge in [-0.05, 0) is 12.0 Å². The molecule has 0 spiro atoms. The highest BCUT2D eigenvalue weighted by atomic mass is 16.3. The van der Waals surface area contributed by atoms with Crippen molar-refractivity contribution in [3.63, 3.8) is 0 Å². The molecule has 2 heteroatoms. The van der Waals surface area contributed by atoms with Crippen LogP contribution < -0.4 is 0 Å². The summed E-state index contributed by atoms with van der Waals surface area (Å²) in [5, 5.41) is 9.29. The van der Waals surface area contributed by atoms with Crippen LogP contribution in [0, 0.1) is 0 Å². The Kier molecular flexibility index (Phi) is 3.46. The van der Waals surface area contributed by atoms with Gasteiger partial charge in [-0.3, -0.25) is 4.90 Å². The molecule has 1 saturated heterocycles. The van der Waals surface area contributed by atoms with E-state index in [-0.39, 0.29) is 13.7 Å². The molecule has 1 aliphatic rings. The van der Waals surface area contributed by atoms with Gasteiger partial charge in [0.25, 0.3) is 0 Å². The lowest BCUT2D eigenvalue weighted by Crippen LogP contribution is -2.46. The monoisotopic (exact) mass is 179 g/mol. The molecule has 0 amide bonds. The number of aliphatic hydroxyl groups is 1. The molecule has 1 aromatic carbocycles. The largest absolute Gasteiger partial charge is 0.378 e. The fourth-order valence-electron chi connectivity index (χ4n) is 1.43. The van der Waals surface area contributed by atoms with Crippen LogP contribution in [0.2, 0.25) is 0 Å². The molecular weight excluding hydrogens is 162 g/mol. The Morgan fingerprint density at radius 1 is 1.31 bits per heavy atom. The van der Waals surface area contributed by atoms with Gasteiger partial charge in [0, 0.05) is 13.1 Å². The number of likely N-dealkylation sites (tertiary alicyclic amines) is 1. The molecule has 13 heavy (non-hydrogen) atoms. The van der Waals surface area contributed by atoms with Crippen LogP contribution in [-0.2, 0) is 6.54 Å². The summed E-state index contributed by atoms with van der Waals surface area (Å²) in [5.41, 5.74) is 1.27. The molecule has 2 nitrogen and oxygen atoms in total. The molecule has 0 radical (unpaired) electrons. The molecule has 2 rings (SSSR count). The standard InChI is InChI=1S/C10H13NO.CH4/c12-10-6-7-11(10)8-9-4-2-1-3-5-9;/h1-5,10,12H,6-8H2;1H4/t10-;/m0./s1. The maximum Gasteiger partial charge on any atom is 0.108 e. The van der Waals surface area contributed by atoms with Gasteiger partial charge in [-0.1, -0.05) is 37.8 Å². The van der Waals surface area contributed by atoms with Gasteiger partial charge in [0.2, 0.25) is 0 Å². The van der Waals surface area contributed by atoms with Crippen molar-refractivity contribution in [2.75, 3.05) is 6.54 Å². The van der Waals surface area contributed by atoms with E-state index in [2.05, 4.69) is 17.0 Å². The molecular formula is C11H17NO. The topological polar surface area (TPSA) is 23.5 Å². The van der Waals surface area contributed by atoms with Crippen LogP contribution in [-0.4, -0.2) is 22.8 Å². The van der Waals surface area contributed by atoms with Crippen LogP contribution in [0.4, 0.5) is 0 Å². The Hall–Kier alpha value is -0.860. The molecule has 1 aromatic rings. The lowest BCUT2D eigenvalue weighted by molar-refractivity contribution is -0.0793. The minimum absolute atomic E-state index is 0. The van der Waals surface area contributed by atoms with Crippen molar-refractivity contribution in [3.8, 4) is 0 Å². The highest BCUT2D eigenvalue weighted by molar-refractivity contribution is 5.14. The summed E-state index contributed by atoms with van der Waals surface area (Å²) < 4.78 is 0. The summed E-state index contributed by atoms with van der Waals surface area (Å²) in [6, 6.07) is 10.2. The summed E-state index contributed by atoms with van der Waals surface area (Å²) in [5.74, 6) is 0. The van der Waals surface area contributed by atoms with Crippen LogP contribution in [0.1, 0.15) is 19.4 Å². The van der Waals surface area contributed by atoms with E-state index in [0.29, 0.717) is 0 Å². The molecule has 1 atom stereocenters. The molecule has 72 valence electrons. The van der Waals surface area contributed by atoms with Crippen LogP contribution in [0.25, 0.3) is 0 Å². The first-order valence-electron chi connectivity index (χ1n) is 4.32. The van der Waals surface area contributed by atoms with Crippen molar-refractivity contribution in [2.45, 2.75) is 26.6 Å². The number of benzene rings is 1. The van der Waals surface area contributed by atoms with Gasteiger partial charge in [-0.15, -0.1) is 0 Å². The first-order valence-corrected chi connectivity index (χ1v) is 4.32. The second-order valence-corrected chi connectivity index (χ2v) is 3.23. The second kappa shape index (κ2) is 4.40. The molecule has 0 saturated carbocycles. The van der Waals surface area contributed by atoms with Crippen LogP contribution >= 0.6 is 0 Å². The highest BCUT2D eigenvalue weighted by Gasteiger charge is 2.24. The van der Waals surface area contributed by atoms with Gasteiger partial charge in [0.1, 0.15) is 6.23 Å². The Balaban J connectivity index is 0.000000845. The minimum Gasteiger partial charge on any atom is -0.378 e. The van der Waals surface area contributed by atoms with E-state index in [1.54, 1.807) is 0 Å². The SMILES string of the molecule is C.O[C@H]1CCN1Cc1ccccc1. The first-order chi connectivity index (χ1) is 5.86. The Labute approximate surface area is 79.8 Å². The maximum atomic E-state index is 9.29. The molecule has 1 aliphatic heterocycles. The average Bonchev–Trinajstić information content (AvgIpc) is 2.14. The lowest BCUT2D eigenvalue weighted by atomic mass is 10.1. The zero-order chi connectivity index (χ0) is 8.39. The van der Waals surface area contributed by atoms with E-state index in [1.807, 2.05) is 18.2 Å². The van der Waals surface area contributed by atoms with E-state index in [0.717, 1.165) is 19.5 Å². The maximum absolute atomic E-state index is 9.29. The van der Waals surface area contributed by atoms with E-state index < -0.39 is 0 Å². The molecule has 1 heterocycles. The van der Waals surface area contributed by atoms with E-state index >= 15 is 0 Å². The summed E-state index contributed by atoms with van der Waals surface area (Å²) >= 11 is 0. The number of rotatable bonds is 2. The predicted molar refractivity (Wildman–Crippen MR) is 54.2 cm³/mol. The van der Waals surface area contributed by atoms with Gasteiger partial charge >= 0.3 is 0 Å². The average molecular weight is 179 g/mol. The zero-order valence-electron chi connectivity index (χ0n) is 6.98. The van der Waals surface area contributed by atoms with E-state index in [4.69, 9.17) is 0 Å². The van der Waals surface area contributed by atoms with Crippen LogP contribution in [0.5, 0.6) is 0 Å². The third kappa shape index (κ3) is 2.29. The van der Waals surface area contributed by atoms with Gasteiger partial charge in [0.15, 0.2) is 0 Å². The van der Waals surface area contributed by atoms with Crippen molar-refractivity contribution >= 4 is 0 Å². The second-order valence-electron chi connectivity index (χ2n) is 3.23. The number of aliphatic hydroxyl groups excluding tert-OH is 1. The number of hydrogen-bond donors (Lipinski definition) is 1. The molecule has 1 fully saturated rings.